The van der Waals surface area contributed by atoms with Crippen LogP contribution >= 0.6 is 11.8 Å². The van der Waals surface area contributed by atoms with Crippen LogP contribution in [0.4, 0.5) is 0 Å². The maximum atomic E-state index is 11.5. The molecular formula is C12H11NO5S. The van der Waals surface area contributed by atoms with Crippen molar-refractivity contribution in [3.8, 4) is 0 Å². The average Bonchev–Trinajstić information content (AvgIpc) is 3.05. The molecule has 0 saturated heterocycles. The summed E-state index contributed by atoms with van der Waals surface area (Å²) in [6, 6.07) is 6.38. The van der Waals surface area contributed by atoms with Crippen molar-refractivity contribution in [3.63, 3.8) is 0 Å². The first-order chi connectivity index (χ1) is 9.15. The average molecular weight is 281 g/mol. The fraction of sp³-hybridized carbons (Fsp3) is 0.167. The lowest BCUT2D eigenvalue weighted by molar-refractivity contribution is -0.118. The third-order valence-electron chi connectivity index (χ3n) is 2.18. The summed E-state index contributed by atoms with van der Waals surface area (Å²) in [5, 5.41) is 11.7. The van der Waals surface area contributed by atoms with Crippen molar-refractivity contribution in [1.29, 1.82) is 0 Å². The molecule has 2 heterocycles. The molecule has 2 rings (SSSR count). The molecule has 100 valence electrons. The molecule has 0 aliphatic rings. The van der Waals surface area contributed by atoms with Gasteiger partial charge in [0.25, 0.3) is 0 Å². The predicted molar refractivity (Wildman–Crippen MR) is 66.9 cm³/mol. The van der Waals surface area contributed by atoms with Crippen molar-refractivity contribution in [2.45, 2.75) is 11.6 Å². The highest BCUT2D eigenvalue weighted by atomic mass is 32.2. The summed E-state index contributed by atoms with van der Waals surface area (Å²) in [7, 11) is 0. The number of hydrogen-bond acceptors (Lipinski definition) is 5. The maximum Gasteiger partial charge on any atom is 0.371 e. The molecule has 7 heteroatoms. The molecule has 0 unspecified atom stereocenters. The number of amides is 1. The molecule has 0 radical (unpaired) electrons. The first kappa shape index (κ1) is 13.3. The van der Waals surface area contributed by atoms with E-state index in [1.54, 1.807) is 12.1 Å². The third-order valence-corrected chi connectivity index (χ3v) is 3.09. The van der Waals surface area contributed by atoms with Gasteiger partial charge in [0, 0.05) is 0 Å². The van der Waals surface area contributed by atoms with Gasteiger partial charge in [-0.2, -0.15) is 0 Å². The second kappa shape index (κ2) is 6.14. The van der Waals surface area contributed by atoms with Crippen LogP contribution in [0.25, 0.3) is 0 Å². The van der Waals surface area contributed by atoms with Crippen molar-refractivity contribution in [1.82, 2.24) is 5.32 Å². The van der Waals surface area contributed by atoms with Crippen molar-refractivity contribution < 1.29 is 23.5 Å². The fourth-order valence-electron chi connectivity index (χ4n) is 1.30. The zero-order valence-corrected chi connectivity index (χ0v) is 10.6. The topological polar surface area (TPSA) is 92.7 Å². The van der Waals surface area contributed by atoms with Gasteiger partial charge in [0.1, 0.15) is 5.76 Å². The Morgan fingerprint density at radius 3 is 2.79 bits per heavy atom. The van der Waals surface area contributed by atoms with Gasteiger partial charge in [-0.25, -0.2) is 4.79 Å². The molecule has 0 saturated carbocycles. The van der Waals surface area contributed by atoms with E-state index in [1.807, 2.05) is 0 Å². The van der Waals surface area contributed by atoms with Gasteiger partial charge in [0.2, 0.25) is 11.7 Å². The Bertz CT molecular complexity index is 560. The number of nitrogens with one attached hydrogen (secondary N) is 1. The number of thioether (sulfide) groups is 1. The quantitative estimate of drug-likeness (QED) is 0.786. The zero-order chi connectivity index (χ0) is 13.7. The van der Waals surface area contributed by atoms with E-state index in [2.05, 4.69) is 5.32 Å². The standard InChI is InChI=1S/C12H11NO5S/c14-10(13-6-8-2-1-5-17-8)7-19-11-4-3-9(18-11)12(15)16/h1-5H,6-7H2,(H,13,14)(H,15,16). The van der Waals surface area contributed by atoms with Crippen molar-refractivity contribution in [2.24, 2.45) is 0 Å². The van der Waals surface area contributed by atoms with Gasteiger partial charge in [-0.15, -0.1) is 0 Å². The van der Waals surface area contributed by atoms with Crippen LogP contribution in [-0.2, 0) is 11.3 Å². The second-order valence-corrected chi connectivity index (χ2v) is 4.55. The monoisotopic (exact) mass is 281 g/mol. The highest BCUT2D eigenvalue weighted by Crippen LogP contribution is 2.20. The largest absolute Gasteiger partial charge is 0.475 e. The third kappa shape index (κ3) is 3.92. The number of furan rings is 2. The van der Waals surface area contributed by atoms with E-state index in [1.165, 1.54) is 18.4 Å². The van der Waals surface area contributed by atoms with E-state index >= 15 is 0 Å². The Kier molecular flexibility index (Phi) is 4.30. The number of hydrogen-bond donors (Lipinski definition) is 2. The Labute approximate surface area is 112 Å². The molecule has 0 aliphatic heterocycles. The highest BCUT2D eigenvalue weighted by Gasteiger charge is 2.10. The second-order valence-electron chi connectivity index (χ2n) is 3.57. The molecule has 1 amide bonds. The van der Waals surface area contributed by atoms with Gasteiger partial charge in [0.15, 0.2) is 5.09 Å². The summed E-state index contributed by atoms with van der Waals surface area (Å²) in [6.07, 6.45) is 1.53. The lowest BCUT2D eigenvalue weighted by Gasteiger charge is -2.01. The van der Waals surface area contributed by atoms with Crippen LogP contribution in [0.3, 0.4) is 0 Å². The molecule has 0 aliphatic carbocycles. The van der Waals surface area contributed by atoms with Crippen LogP contribution in [0.5, 0.6) is 0 Å². The van der Waals surface area contributed by atoms with E-state index in [4.69, 9.17) is 13.9 Å². The molecule has 19 heavy (non-hydrogen) atoms. The Hall–Kier alpha value is -2.15. The minimum absolute atomic E-state index is 0.140. The van der Waals surface area contributed by atoms with Crippen LogP contribution in [-0.4, -0.2) is 22.7 Å². The van der Waals surface area contributed by atoms with Gasteiger partial charge in [-0.05, 0) is 24.3 Å². The van der Waals surface area contributed by atoms with E-state index in [0.29, 0.717) is 17.4 Å². The van der Waals surface area contributed by atoms with Crippen LogP contribution in [0.15, 0.2) is 44.5 Å². The Balaban J connectivity index is 1.75. The van der Waals surface area contributed by atoms with E-state index in [0.717, 1.165) is 11.8 Å². The van der Waals surface area contributed by atoms with Crippen molar-refractivity contribution >= 4 is 23.6 Å². The molecule has 2 aromatic rings. The SMILES string of the molecule is O=C(CSc1ccc(C(=O)O)o1)NCc1ccco1. The molecule has 2 N–H and O–H groups in total. The highest BCUT2D eigenvalue weighted by molar-refractivity contribution is 7.99. The summed E-state index contributed by atoms with van der Waals surface area (Å²) in [6.45, 7) is 0.324. The fourth-order valence-corrected chi connectivity index (χ4v) is 1.99. The molecular weight excluding hydrogens is 270 g/mol. The number of carbonyl (C=O) groups excluding carboxylic acids is 1. The number of carbonyl (C=O) groups is 2. The van der Waals surface area contributed by atoms with E-state index in [-0.39, 0.29) is 17.4 Å². The van der Waals surface area contributed by atoms with Crippen LogP contribution in [0.1, 0.15) is 16.3 Å². The molecule has 6 nitrogen and oxygen atoms in total. The summed E-state index contributed by atoms with van der Waals surface area (Å²) < 4.78 is 10.1. The molecule has 2 aromatic heterocycles. The number of rotatable bonds is 6. The number of aromatic carboxylic acids is 1. The van der Waals surface area contributed by atoms with E-state index < -0.39 is 5.97 Å². The summed E-state index contributed by atoms with van der Waals surface area (Å²) in [5.41, 5.74) is 0. The lowest BCUT2D eigenvalue weighted by Crippen LogP contribution is -2.24. The molecule has 0 atom stereocenters. The van der Waals surface area contributed by atoms with Gasteiger partial charge < -0.3 is 19.3 Å². The Morgan fingerprint density at radius 2 is 2.16 bits per heavy atom. The van der Waals surface area contributed by atoms with Crippen LogP contribution in [0.2, 0.25) is 0 Å². The summed E-state index contributed by atoms with van der Waals surface area (Å²) >= 11 is 1.13. The van der Waals surface area contributed by atoms with Crippen LogP contribution < -0.4 is 5.32 Å². The van der Waals surface area contributed by atoms with Gasteiger partial charge >= 0.3 is 5.97 Å². The molecule has 0 aromatic carbocycles. The number of carboxylic acids is 1. The minimum Gasteiger partial charge on any atom is -0.475 e. The van der Waals surface area contributed by atoms with Gasteiger partial charge in [-0.3, -0.25) is 4.79 Å². The smallest absolute Gasteiger partial charge is 0.371 e. The zero-order valence-electron chi connectivity index (χ0n) is 9.79. The molecule has 0 bridgehead atoms. The van der Waals surface area contributed by atoms with Crippen LogP contribution in [0, 0.1) is 0 Å². The normalized spacial score (nSPS) is 10.3. The predicted octanol–water partition coefficient (Wildman–Crippen LogP) is 1.98. The summed E-state index contributed by atoms with van der Waals surface area (Å²) in [5.74, 6) is -0.639. The maximum absolute atomic E-state index is 11.5. The van der Waals surface area contributed by atoms with E-state index in [9.17, 15) is 9.59 Å². The number of carboxylic acid groups (broad SMARTS) is 1. The summed E-state index contributed by atoms with van der Waals surface area (Å²) in [4.78, 5) is 22.1. The molecule has 0 fully saturated rings. The molecule has 0 spiro atoms. The van der Waals surface area contributed by atoms with Crippen molar-refractivity contribution in [3.05, 3.63) is 42.0 Å². The van der Waals surface area contributed by atoms with Crippen molar-refractivity contribution in [2.75, 3.05) is 5.75 Å². The Morgan fingerprint density at radius 1 is 1.32 bits per heavy atom. The lowest BCUT2D eigenvalue weighted by atomic mass is 10.4. The first-order valence-corrected chi connectivity index (χ1v) is 6.39. The van der Waals surface area contributed by atoms with Gasteiger partial charge in [0.05, 0.1) is 18.6 Å². The minimum atomic E-state index is -1.13. The first-order valence-electron chi connectivity index (χ1n) is 5.40. The van der Waals surface area contributed by atoms with Gasteiger partial charge in [-0.1, -0.05) is 11.8 Å².